The van der Waals surface area contributed by atoms with E-state index in [4.69, 9.17) is 0 Å². The molecule has 114 valence electrons. The van der Waals surface area contributed by atoms with Crippen LogP contribution in [-0.4, -0.2) is 22.5 Å². The molecule has 0 saturated carbocycles. The highest BCUT2D eigenvalue weighted by atomic mass is 32.1. The summed E-state index contributed by atoms with van der Waals surface area (Å²) < 4.78 is 0. The van der Waals surface area contributed by atoms with E-state index in [9.17, 15) is 0 Å². The largest absolute Gasteiger partial charge is 0.357 e. The standard InChI is InChI=1S/C14H21N5S2/c1-4-12-19-11(9-20-12)7-17-14(15-5-2)18-8-13-16-6-10(3)21-13/h6,9H,4-5,7-8H2,1-3H3,(H2,15,17,18). The Morgan fingerprint density at radius 3 is 2.76 bits per heavy atom. The van der Waals surface area contributed by atoms with Crippen molar-refractivity contribution in [1.29, 1.82) is 0 Å². The lowest BCUT2D eigenvalue weighted by molar-refractivity contribution is 0.808. The molecule has 2 aromatic rings. The number of thiazole rings is 2. The summed E-state index contributed by atoms with van der Waals surface area (Å²) >= 11 is 3.40. The van der Waals surface area contributed by atoms with Crippen LogP contribution in [0, 0.1) is 6.92 Å². The maximum atomic E-state index is 4.57. The summed E-state index contributed by atoms with van der Waals surface area (Å²) in [7, 11) is 0. The van der Waals surface area contributed by atoms with Gasteiger partial charge in [0.1, 0.15) is 5.01 Å². The van der Waals surface area contributed by atoms with Crippen molar-refractivity contribution in [3.05, 3.63) is 32.2 Å². The molecule has 0 aliphatic heterocycles. The maximum absolute atomic E-state index is 4.57. The Hall–Kier alpha value is -1.47. The van der Waals surface area contributed by atoms with Crippen LogP contribution < -0.4 is 10.6 Å². The molecule has 0 aromatic carbocycles. The number of guanidine groups is 1. The molecule has 0 aliphatic rings. The summed E-state index contributed by atoms with van der Waals surface area (Å²) in [6.45, 7) is 8.37. The maximum Gasteiger partial charge on any atom is 0.191 e. The Morgan fingerprint density at radius 2 is 2.14 bits per heavy atom. The fraction of sp³-hybridized carbons (Fsp3) is 0.500. The van der Waals surface area contributed by atoms with Crippen LogP contribution in [0.5, 0.6) is 0 Å². The van der Waals surface area contributed by atoms with E-state index in [0.29, 0.717) is 13.1 Å². The van der Waals surface area contributed by atoms with Gasteiger partial charge in [0.05, 0.1) is 23.8 Å². The van der Waals surface area contributed by atoms with Crippen LogP contribution in [0.25, 0.3) is 0 Å². The molecule has 0 saturated heterocycles. The van der Waals surface area contributed by atoms with Crippen molar-refractivity contribution in [3.63, 3.8) is 0 Å². The van der Waals surface area contributed by atoms with E-state index in [1.165, 1.54) is 4.88 Å². The fourth-order valence-electron chi connectivity index (χ4n) is 1.73. The highest BCUT2D eigenvalue weighted by Crippen LogP contribution is 2.11. The minimum absolute atomic E-state index is 0.600. The van der Waals surface area contributed by atoms with Gasteiger partial charge < -0.3 is 10.6 Å². The molecule has 2 rings (SSSR count). The van der Waals surface area contributed by atoms with Gasteiger partial charge >= 0.3 is 0 Å². The van der Waals surface area contributed by atoms with Gasteiger partial charge in [0.2, 0.25) is 0 Å². The first-order valence-electron chi connectivity index (χ1n) is 7.08. The van der Waals surface area contributed by atoms with Crippen molar-refractivity contribution in [2.45, 2.75) is 40.3 Å². The lowest BCUT2D eigenvalue weighted by atomic mass is 10.5. The summed E-state index contributed by atoms with van der Waals surface area (Å²) in [6, 6.07) is 0. The van der Waals surface area contributed by atoms with Crippen LogP contribution in [0.3, 0.4) is 0 Å². The van der Waals surface area contributed by atoms with Crippen LogP contribution in [0.4, 0.5) is 0 Å². The molecule has 2 aromatic heterocycles. The summed E-state index contributed by atoms with van der Waals surface area (Å²) in [6.07, 6.45) is 2.88. The monoisotopic (exact) mass is 323 g/mol. The molecular formula is C14H21N5S2. The molecule has 0 radical (unpaired) electrons. The van der Waals surface area contributed by atoms with Crippen LogP contribution >= 0.6 is 22.7 Å². The molecule has 7 heteroatoms. The number of aliphatic imine (C=N–C) groups is 1. The quantitative estimate of drug-likeness (QED) is 0.634. The zero-order valence-corrected chi connectivity index (χ0v) is 14.3. The lowest BCUT2D eigenvalue weighted by Gasteiger charge is -2.09. The van der Waals surface area contributed by atoms with E-state index < -0.39 is 0 Å². The zero-order chi connectivity index (χ0) is 15.1. The third-order valence-corrected chi connectivity index (χ3v) is 4.68. The van der Waals surface area contributed by atoms with Crippen LogP contribution in [0.2, 0.25) is 0 Å². The predicted octanol–water partition coefficient (Wildman–Crippen LogP) is 2.73. The highest BCUT2D eigenvalue weighted by molar-refractivity contribution is 7.11. The van der Waals surface area contributed by atoms with Crippen LogP contribution in [0.15, 0.2) is 16.6 Å². The minimum Gasteiger partial charge on any atom is -0.357 e. The third-order valence-electron chi connectivity index (χ3n) is 2.72. The van der Waals surface area contributed by atoms with E-state index >= 15 is 0 Å². The average Bonchev–Trinajstić information content (AvgIpc) is 3.10. The van der Waals surface area contributed by atoms with Crippen molar-refractivity contribution in [3.8, 4) is 0 Å². The van der Waals surface area contributed by atoms with Crippen LogP contribution in [-0.2, 0) is 19.5 Å². The van der Waals surface area contributed by atoms with Crippen molar-refractivity contribution in [2.75, 3.05) is 6.54 Å². The van der Waals surface area contributed by atoms with E-state index in [-0.39, 0.29) is 0 Å². The molecule has 0 aliphatic carbocycles. The van der Waals surface area contributed by atoms with E-state index in [1.54, 1.807) is 22.7 Å². The molecule has 0 bridgehead atoms. The second-order valence-electron chi connectivity index (χ2n) is 4.50. The number of aromatic nitrogens is 2. The molecule has 0 fully saturated rings. The summed E-state index contributed by atoms with van der Waals surface area (Å²) in [5.41, 5.74) is 1.03. The normalized spacial score (nSPS) is 11.7. The van der Waals surface area contributed by atoms with E-state index in [2.05, 4.69) is 51.7 Å². The molecule has 5 nitrogen and oxygen atoms in total. The van der Waals surface area contributed by atoms with Gasteiger partial charge in [-0.3, -0.25) is 0 Å². The molecule has 0 amide bonds. The molecule has 0 unspecified atom stereocenters. The Kier molecular flexibility index (Phi) is 6.13. The Labute approximate surface area is 133 Å². The Bertz CT molecular complexity index is 588. The smallest absolute Gasteiger partial charge is 0.191 e. The first kappa shape index (κ1) is 15.9. The van der Waals surface area contributed by atoms with E-state index in [1.807, 2.05) is 6.20 Å². The van der Waals surface area contributed by atoms with Gasteiger partial charge in [-0.25, -0.2) is 15.0 Å². The molecular weight excluding hydrogens is 302 g/mol. The van der Waals surface area contributed by atoms with Gasteiger partial charge in [-0.1, -0.05) is 6.92 Å². The summed E-state index contributed by atoms with van der Waals surface area (Å²) in [4.78, 5) is 14.7. The molecule has 2 heterocycles. The number of hydrogen-bond acceptors (Lipinski definition) is 5. The van der Waals surface area contributed by atoms with Gasteiger partial charge in [0.25, 0.3) is 0 Å². The fourth-order valence-corrected chi connectivity index (χ4v) is 3.19. The van der Waals surface area contributed by atoms with Gasteiger partial charge in [-0.15, -0.1) is 22.7 Å². The Balaban J connectivity index is 1.92. The van der Waals surface area contributed by atoms with Gasteiger partial charge in [-0.2, -0.15) is 0 Å². The first-order chi connectivity index (χ1) is 10.2. The SMILES string of the molecule is CCNC(=NCc1csc(CC)n1)NCc1ncc(C)s1. The van der Waals surface area contributed by atoms with E-state index in [0.717, 1.165) is 34.6 Å². The average molecular weight is 323 g/mol. The summed E-state index contributed by atoms with van der Waals surface area (Å²) in [5.74, 6) is 0.802. The molecule has 0 spiro atoms. The van der Waals surface area contributed by atoms with Crippen LogP contribution in [0.1, 0.15) is 34.4 Å². The number of rotatable bonds is 6. The van der Waals surface area contributed by atoms with Gasteiger partial charge in [-0.05, 0) is 20.3 Å². The molecule has 0 atom stereocenters. The van der Waals surface area contributed by atoms with Gasteiger partial charge in [0, 0.05) is 23.0 Å². The highest BCUT2D eigenvalue weighted by Gasteiger charge is 2.03. The number of hydrogen-bond donors (Lipinski definition) is 2. The second-order valence-corrected chi connectivity index (χ2v) is 6.76. The van der Waals surface area contributed by atoms with Crippen molar-refractivity contribution in [2.24, 2.45) is 4.99 Å². The van der Waals surface area contributed by atoms with Crippen molar-refractivity contribution < 1.29 is 0 Å². The number of nitrogens with zero attached hydrogens (tertiary/aromatic N) is 3. The molecule has 21 heavy (non-hydrogen) atoms. The van der Waals surface area contributed by atoms with Crippen molar-refractivity contribution in [1.82, 2.24) is 20.6 Å². The number of nitrogens with one attached hydrogen (secondary N) is 2. The topological polar surface area (TPSA) is 62.2 Å². The predicted molar refractivity (Wildman–Crippen MR) is 90.0 cm³/mol. The second kappa shape index (κ2) is 8.09. The zero-order valence-electron chi connectivity index (χ0n) is 12.6. The first-order valence-corrected chi connectivity index (χ1v) is 8.77. The van der Waals surface area contributed by atoms with Gasteiger partial charge in [0.15, 0.2) is 5.96 Å². The third kappa shape index (κ3) is 5.09. The van der Waals surface area contributed by atoms with Crippen molar-refractivity contribution >= 4 is 28.6 Å². The minimum atomic E-state index is 0.600. The lowest BCUT2D eigenvalue weighted by Crippen LogP contribution is -2.36. The number of aryl methyl sites for hydroxylation is 2. The Morgan fingerprint density at radius 1 is 1.29 bits per heavy atom. The summed E-state index contributed by atoms with van der Waals surface area (Å²) in [5, 5.41) is 10.9. The molecule has 2 N–H and O–H groups in total.